The van der Waals surface area contributed by atoms with Crippen LogP contribution >= 0.6 is 11.8 Å². The van der Waals surface area contributed by atoms with E-state index in [9.17, 15) is 18.0 Å². The van der Waals surface area contributed by atoms with Gasteiger partial charge in [0, 0.05) is 0 Å². The molecular weight excluding hydrogens is 542 g/mol. The van der Waals surface area contributed by atoms with Crippen LogP contribution in [0.5, 0.6) is 23.0 Å². The highest BCUT2D eigenvalue weighted by molar-refractivity contribution is 8.18. The summed E-state index contributed by atoms with van der Waals surface area (Å²) in [5, 5.41) is -0.394. The van der Waals surface area contributed by atoms with Crippen LogP contribution in [0.2, 0.25) is 0 Å². The summed E-state index contributed by atoms with van der Waals surface area (Å²) in [7, 11) is -2.66. The first-order valence-corrected chi connectivity index (χ1v) is 14.2. The minimum Gasteiger partial charge on any atom is -0.497 e. The molecule has 0 radical (unpaired) electrons. The van der Waals surface area contributed by atoms with Crippen molar-refractivity contribution in [2.45, 2.75) is 18.7 Å². The quantitative estimate of drug-likeness (QED) is 0.225. The van der Waals surface area contributed by atoms with Gasteiger partial charge in [-0.2, -0.15) is 8.42 Å². The molecule has 1 saturated heterocycles. The Kier molecular flexibility index (Phi) is 8.82. The summed E-state index contributed by atoms with van der Waals surface area (Å²) in [6.07, 6.45) is 1.55. The highest BCUT2D eigenvalue weighted by Gasteiger charge is 2.35. The van der Waals surface area contributed by atoms with Crippen molar-refractivity contribution in [3.63, 3.8) is 0 Å². The van der Waals surface area contributed by atoms with Gasteiger partial charge in [0.25, 0.3) is 11.1 Å². The van der Waals surface area contributed by atoms with E-state index in [0.717, 1.165) is 22.2 Å². The van der Waals surface area contributed by atoms with Gasteiger partial charge < -0.3 is 18.4 Å². The molecule has 0 N–H and O–H groups in total. The van der Waals surface area contributed by atoms with Crippen LogP contribution < -0.4 is 18.4 Å². The van der Waals surface area contributed by atoms with Crippen molar-refractivity contribution in [3.05, 3.63) is 82.8 Å². The van der Waals surface area contributed by atoms with E-state index in [1.807, 2.05) is 31.2 Å². The van der Waals surface area contributed by atoms with Crippen LogP contribution in [-0.2, 0) is 14.9 Å². The molecule has 2 amide bonds. The fourth-order valence-corrected chi connectivity index (χ4v) is 5.47. The standard InChI is InChI=1S/C28H27NO8S2/c1-4-35-25-17-20(8-13-24(25)37-39(32,33)23-11-9-21(34-3)10-12-23)18-26-27(30)29(28(31)38-26)14-15-36-22-7-5-6-19(2)16-22/h5-13,16-18H,4,14-15H2,1-3H3/b26-18-. The van der Waals surface area contributed by atoms with Gasteiger partial charge in [0.15, 0.2) is 11.5 Å². The molecule has 1 fully saturated rings. The molecule has 0 saturated carbocycles. The third-order valence-corrected chi connectivity index (χ3v) is 7.72. The van der Waals surface area contributed by atoms with Crippen LogP contribution in [0, 0.1) is 6.92 Å². The van der Waals surface area contributed by atoms with Crippen LogP contribution in [-0.4, -0.2) is 51.3 Å². The number of nitrogens with zero attached hydrogens (tertiary/aromatic N) is 1. The van der Waals surface area contributed by atoms with Crippen molar-refractivity contribution in [2.24, 2.45) is 0 Å². The highest BCUT2D eigenvalue weighted by Crippen LogP contribution is 2.35. The van der Waals surface area contributed by atoms with Gasteiger partial charge in [-0.15, -0.1) is 0 Å². The molecule has 0 bridgehead atoms. The number of aryl methyl sites for hydroxylation is 1. The average molecular weight is 570 g/mol. The Morgan fingerprint density at radius 1 is 0.923 bits per heavy atom. The lowest BCUT2D eigenvalue weighted by atomic mass is 10.2. The van der Waals surface area contributed by atoms with Crippen LogP contribution in [0.1, 0.15) is 18.1 Å². The number of thioether (sulfide) groups is 1. The number of hydrogen-bond acceptors (Lipinski definition) is 9. The summed E-state index contributed by atoms with van der Waals surface area (Å²) >= 11 is 0.824. The van der Waals surface area contributed by atoms with E-state index in [-0.39, 0.29) is 41.1 Å². The molecule has 204 valence electrons. The number of methoxy groups -OCH3 is 1. The van der Waals surface area contributed by atoms with Gasteiger partial charge in [0.1, 0.15) is 23.0 Å². The Balaban J connectivity index is 1.47. The van der Waals surface area contributed by atoms with Crippen LogP contribution in [0.15, 0.2) is 76.5 Å². The fraction of sp³-hybridized carbons (Fsp3) is 0.214. The number of hydrogen-bond donors (Lipinski definition) is 0. The summed E-state index contributed by atoms with van der Waals surface area (Å²) in [4.78, 5) is 26.7. The smallest absolute Gasteiger partial charge is 0.339 e. The van der Waals surface area contributed by atoms with Crippen molar-refractivity contribution >= 4 is 39.1 Å². The molecule has 3 aromatic carbocycles. The van der Waals surface area contributed by atoms with Crippen LogP contribution in [0.25, 0.3) is 6.08 Å². The largest absolute Gasteiger partial charge is 0.497 e. The maximum Gasteiger partial charge on any atom is 0.339 e. The van der Waals surface area contributed by atoms with Crippen molar-refractivity contribution < 1.29 is 36.4 Å². The Hall–Kier alpha value is -3.96. The van der Waals surface area contributed by atoms with Crippen molar-refractivity contribution in [1.29, 1.82) is 0 Å². The van der Waals surface area contributed by atoms with Crippen LogP contribution in [0.4, 0.5) is 4.79 Å². The second-order valence-corrected chi connectivity index (χ2v) is 10.9. The Bertz CT molecular complexity index is 1500. The molecule has 1 aliphatic rings. The lowest BCUT2D eigenvalue weighted by Gasteiger charge is -2.14. The average Bonchev–Trinajstić information content (AvgIpc) is 3.17. The van der Waals surface area contributed by atoms with E-state index in [1.165, 1.54) is 37.4 Å². The Morgan fingerprint density at radius 2 is 1.69 bits per heavy atom. The molecule has 0 aromatic heterocycles. The molecule has 0 atom stereocenters. The van der Waals surface area contributed by atoms with Gasteiger partial charge in [-0.1, -0.05) is 18.2 Å². The third-order valence-electron chi connectivity index (χ3n) is 5.56. The topological polar surface area (TPSA) is 108 Å². The molecule has 39 heavy (non-hydrogen) atoms. The molecule has 11 heteroatoms. The van der Waals surface area contributed by atoms with E-state index in [2.05, 4.69) is 0 Å². The minimum absolute atomic E-state index is 0.00813. The SMILES string of the molecule is CCOc1cc(/C=C2\SC(=O)N(CCOc3cccc(C)c3)C2=O)ccc1OS(=O)(=O)c1ccc(OC)cc1. The van der Waals surface area contributed by atoms with E-state index < -0.39 is 21.3 Å². The first-order valence-electron chi connectivity index (χ1n) is 12.0. The second kappa shape index (κ2) is 12.3. The third kappa shape index (κ3) is 6.92. The summed E-state index contributed by atoms with van der Waals surface area (Å²) < 4.78 is 47.3. The predicted octanol–water partition coefficient (Wildman–Crippen LogP) is 5.29. The number of carbonyl (C=O) groups excluding carboxylic acids is 2. The van der Waals surface area contributed by atoms with Crippen molar-refractivity contribution in [1.82, 2.24) is 4.90 Å². The summed E-state index contributed by atoms with van der Waals surface area (Å²) in [6, 6.07) is 17.9. The molecule has 0 spiro atoms. The summed E-state index contributed by atoms with van der Waals surface area (Å²) in [5.41, 5.74) is 1.58. The lowest BCUT2D eigenvalue weighted by Crippen LogP contribution is -2.32. The van der Waals surface area contributed by atoms with E-state index in [4.69, 9.17) is 18.4 Å². The number of ether oxygens (including phenoxy) is 3. The summed E-state index contributed by atoms with van der Waals surface area (Å²) in [6.45, 7) is 4.22. The zero-order chi connectivity index (χ0) is 28.0. The van der Waals surface area contributed by atoms with Gasteiger partial charge in [-0.3, -0.25) is 14.5 Å². The highest BCUT2D eigenvalue weighted by atomic mass is 32.2. The first-order chi connectivity index (χ1) is 18.7. The molecule has 0 aliphatic carbocycles. The van der Waals surface area contributed by atoms with Gasteiger partial charge in [-0.05, 0) is 91.3 Å². The Labute approximate surface area is 231 Å². The second-order valence-electron chi connectivity index (χ2n) is 8.35. The van der Waals surface area contributed by atoms with Gasteiger partial charge in [-0.25, -0.2) is 0 Å². The number of rotatable bonds is 11. The maximum atomic E-state index is 12.9. The van der Waals surface area contributed by atoms with Gasteiger partial charge >= 0.3 is 10.1 Å². The first kappa shape index (κ1) is 28.1. The van der Waals surface area contributed by atoms with E-state index in [0.29, 0.717) is 17.1 Å². The Morgan fingerprint density at radius 3 is 2.38 bits per heavy atom. The molecule has 1 heterocycles. The van der Waals surface area contributed by atoms with E-state index >= 15 is 0 Å². The fourth-order valence-electron chi connectivity index (χ4n) is 3.66. The molecular formula is C28H27NO8S2. The van der Waals surface area contributed by atoms with Gasteiger partial charge in [0.05, 0.1) is 25.2 Å². The van der Waals surface area contributed by atoms with Crippen LogP contribution in [0.3, 0.4) is 0 Å². The normalized spacial score (nSPS) is 14.5. The number of carbonyl (C=O) groups is 2. The maximum absolute atomic E-state index is 12.9. The predicted molar refractivity (Wildman–Crippen MR) is 148 cm³/mol. The molecule has 1 aliphatic heterocycles. The van der Waals surface area contributed by atoms with E-state index in [1.54, 1.807) is 25.1 Å². The zero-order valence-corrected chi connectivity index (χ0v) is 23.2. The number of imide groups is 1. The summed E-state index contributed by atoms with van der Waals surface area (Å²) in [5.74, 6) is 0.910. The van der Waals surface area contributed by atoms with Crippen molar-refractivity contribution in [3.8, 4) is 23.0 Å². The zero-order valence-electron chi connectivity index (χ0n) is 21.6. The molecule has 0 unspecified atom stereocenters. The van der Waals surface area contributed by atoms with Crippen molar-refractivity contribution in [2.75, 3.05) is 26.9 Å². The molecule has 4 rings (SSSR count). The lowest BCUT2D eigenvalue weighted by molar-refractivity contribution is -0.123. The minimum atomic E-state index is -4.14. The monoisotopic (exact) mass is 569 g/mol. The van der Waals surface area contributed by atoms with Gasteiger partial charge in [0.2, 0.25) is 0 Å². The number of amides is 2. The molecule has 3 aromatic rings. The number of benzene rings is 3. The molecule has 9 nitrogen and oxygen atoms in total.